The van der Waals surface area contributed by atoms with Crippen LogP contribution >= 0.6 is 0 Å². The molecular weight excluding hydrogens is 801 g/mol. The summed E-state index contributed by atoms with van der Waals surface area (Å²) in [5.41, 5.74) is 5.27. The van der Waals surface area contributed by atoms with Gasteiger partial charge in [-0.25, -0.2) is 33.6 Å². The van der Waals surface area contributed by atoms with Gasteiger partial charge in [-0.05, 0) is 91.8 Å². The molecule has 1 fully saturated rings. The van der Waals surface area contributed by atoms with Gasteiger partial charge in [0, 0.05) is 26.2 Å². The maximum absolute atomic E-state index is 14.3. The van der Waals surface area contributed by atoms with Crippen molar-refractivity contribution in [1.82, 2.24) is 26.0 Å². The predicted molar refractivity (Wildman–Crippen MR) is 228 cm³/mol. The molecule has 3 amide bonds. The number of alkyl carbamates (subject to hydrolysis) is 1. The Bertz CT molecular complexity index is 2040. The van der Waals surface area contributed by atoms with Crippen LogP contribution in [0.5, 0.6) is 0 Å². The molecule has 4 aromatic rings. The number of halogens is 2. The first-order valence-electron chi connectivity index (χ1n) is 20.7. The van der Waals surface area contributed by atoms with E-state index in [0.717, 1.165) is 29.2 Å². The minimum absolute atomic E-state index is 0.00580. The molecule has 1 aliphatic rings. The minimum atomic E-state index is -1.28. The molecule has 3 N–H and O–H groups in total. The molecule has 62 heavy (non-hydrogen) atoms. The Morgan fingerprint density at radius 3 is 1.97 bits per heavy atom. The van der Waals surface area contributed by atoms with Crippen LogP contribution in [0.1, 0.15) is 67.2 Å². The second kappa shape index (κ2) is 22.8. The smallest absolute Gasteiger partial charge is 0.424 e. The van der Waals surface area contributed by atoms with Gasteiger partial charge >= 0.3 is 18.2 Å². The van der Waals surface area contributed by atoms with Crippen molar-refractivity contribution in [3.63, 3.8) is 0 Å². The topological polar surface area (TPSA) is 148 Å². The summed E-state index contributed by atoms with van der Waals surface area (Å²) in [6.07, 6.45) is -2.91. The molecule has 0 bridgehead atoms. The Labute approximate surface area is 362 Å². The van der Waals surface area contributed by atoms with Crippen LogP contribution in [0.15, 0.2) is 103 Å². The van der Waals surface area contributed by atoms with Crippen molar-refractivity contribution < 1.29 is 46.9 Å². The van der Waals surface area contributed by atoms with Crippen molar-refractivity contribution in [2.45, 2.75) is 84.5 Å². The van der Waals surface area contributed by atoms with Crippen LogP contribution in [0.3, 0.4) is 0 Å². The number of nitrogens with zero attached hydrogens (tertiary/aromatic N) is 2. The maximum Gasteiger partial charge on any atom is 0.424 e. The first-order chi connectivity index (χ1) is 29.6. The predicted octanol–water partition coefficient (Wildman–Crippen LogP) is 6.94. The van der Waals surface area contributed by atoms with E-state index in [4.69, 9.17) is 18.9 Å². The second-order valence-corrected chi connectivity index (χ2v) is 16.5. The normalized spacial score (nSPS) is 14.6. The van der Waals surface area contributed by atoms with E-state index < -0.39 is 65.4 Å². The summed E-state index contributed by atoms with van der Waals surface area (Å²) in [4.78, 5) is 57.6. The van der Waals surface area contributed by atoms with Gasteiger partial charge in [0.05, 0.1) is 31.4 Å². The fraction of sp³-hybridized carbons (Fsp3) is 0.404. The Morgan fingerprint density at radius 2 is 1.37 bits per heavy atom. The molecule has 13 nitrogen and oxygen atoms in total. The van der Waals surface area contributed by atoms with Crippen LogP contribution in [0.25, 0.3) is 0 Å². The molecule has 0 aromatic heterocycles. The van der Waals surface area contributed by atoms with Crippen LogP contribution in [0, 0.1) is 17.6 Å². The Balaban J connectivity index is 1.46. The molecule has 0 saturated carbocycles. The third kappa shape index (κ3) is 15.5. The lowest BCUT2D eigenvalue weighted by Gasteiger charge is -2.35. The van der Waals surface area contributed by atoms with Crippen LogP contribution in [-0.2, 0) is 49.9 Å². The van der Waals surface area contributed by atoms with E-state index in [0.29, 0.717) is 30.9 Å². The number of benzene rings is 4. The van der Waals surface area contributed by atoms with E-state index in [1.54, 1.807) is 71.0 Å². The second-order valence-electron chi connectivity index (χ2n) is 16.5. The number of esters is 1. The third-order valence-corrected chi connectivity index (χ3v) is 9.90. The summed E-state index contributed by atoms with van der Waals surface area (Å²) >= 11 is 0. The van der Waals surface area contributed by atoms with E-state index in [1.165, 1.54) is 36.4 Å². The van der Waals surface area contributed by atoms with Gasteiger partial charge in [0.1, 0.15) is 36.0 Å². The number of hydrazine groups is 1. The van der Waals surface area contributed by atoms with E-state index in [2.05, 4.69) is 21.0 Å². The first kappa shape index (κ1) is 47.2. The Kier molecular flexibility index (Phi) is 17.3. The number of amides is 3. The molecule has 5 rings (SSSR count). The standard InChI is InChI=1S/C47H57F2N5O8/c1-32(2)42(52-45(57)60-31-36-9-7-6-8-10-36)43(55)51-40(27-33-13-19-38(48)20-14-33)41(61-44(56)37-17-11-35(12-18-37)29-53-23-25-59-26-24-53)30-54(46(58)62-47(3,4)5)50-28-34-15-21-39(49)22-16-34/h6-22,32,40-42,50H,23-31H2,1-5H3,(H,51,55)(H,52,57)/t40-,41-,42-/m0/s1. The number of morpholine rings is 1. The molecule has 1 saturated heterocycles. The maximum atomic E-state index is 14.3. The van der Waals surface area contributed by atoms with Gasteiger partial charge in [0.2, 0.25) is 5.91 Å². The lowest BCUT2D eigenvalue weighted by molar-refractivity contribution is -0.126. The third-order valence-electron chi connectivity index (χ3n) is 9.90. The van der Waals surface area contributed by atoms with Gasteiger partial charge in [0.25, 0.3) is 0 Å². The summed E-state index contributed by atoms with van der Waals surface area (Å²) in [6, 6.07) is 25.2. The Morgan fingerprint density at radius 1 is 0.774 bits per heavy atom. The van der Waals surface area contributed by atoms with Gasteiger partial charge in [-0.3, -0.25) is 9.69 Å². The molecule has 0 radical (unpaired) electrons. The molecule has 3 atom stereocenters. The summed E-state index contributed by atoms with van der Waals surface area (Å²) < 4.78 is 50.9. The van der Waals surface area contributed by atoms with Gasteiger partial charge in [-0.15, -0.1) is 0 Å². The summed E-state index contributed by atoms with van der Waals surface area (Å²) in [5.74, 6) is -2.71. The van der Waals surface area contributed by atoms with Crippen molar-refractivity contribution in [3.05, 3.63) is 143 Å². The summed E-state index contributed by atoms with van der Waals surface area (Å²) in [6.45, 7) is 11.8. The molecule has 0 spiro atoms. The number of carbonyl (C=O) groups is 4. The van der Waals surface area contributed by atoms with Crippen molar-refractivity contribution in [3.8, 4) is 0 Å². The number of rotatable bonds is 18. The molecule has 15 heteroatoms. The molecule has 4 aromatic carbocycles. The SMILES string of the molecule is CC(C)[C@H](NC(=O)OCc1ccccc1)C(=O)N[C@@H](Cc1ccc(F)cc1)[C@H](CN(NCc1ccc(F)cc1)C(=O)OC(C)(C)C)OC(=O)c1ccc(CN2CCOCC2)cc1. The molecule has 1 heterocycles. The molecule has 332 valence electrons. The number of ether oxygens (including phenoxy) is 4. The number of nitrogens with one attached hydrogen (secondary N) is 3. The average Bonchev–Trinajstić information content (AvgIpc) is 3.24. The lowest BCUT2D eigenvalue weighted by Crippen LogP contribution is -2.59. The van der Waals surface area contributed by atoms with E-state index in [1.807, 2.05) is 30.3 Å². The fourth-order valence-electron chi connectivity index (χ4n) is 6.55. The average molecular weight is 858 g/mol. The zero-order valence-corrected chi connectivity index (χ0v) is 35.9. The highest BCUT2D eigenvalue weighted by atomic mass is 19.1. The number of carbonyl (C=O) groups excluding carboxylic acids is 4. The van der Waals surface area contributed by atoms with Crippen LogP contribution in [0.2, 0.25) is 0 Å². The number of hydrogen-bond acceptors (Lipinski definition) is 10. The molecule has 0 aliphatic carbocycles. The minimum Gasteiger partial charge on any atom is -0.455 e. The quantitative estimate of drug-likeness (QED) is 0.0546. The first-order valence-corrected chi connectivity index (χ1v) is 20.7. The number of hydrogen-bond donors (Lipinski definition) is 3. The van der Waals surface area contributed by atoms with Gasteiger partial charge < -0.3 is 29.6 Å². The van der Waals surface area contributed by atoms with Gasteiger partial charge in [0.15, 0.2) is 0 Å². The van der Waals surface area contributed by atoms with Gasteiger partial charge in [-0.2, -0.15) is 0 Å². The van der Waals surface area contributed by atoms with Crippen LogP contribution in [-0.4, -0.2) is 90.6 Å². The molecular formula is C47H57F2N5O8. The largest absolute Gasteiger partial charge is 0.455 e. The van der Waals surface area contributed by atoms with E-state index in [9.17, 15) is 28.0 Å². The lowest BCUT2D eigenvalue weighted by atomic mass is 9.98. The van der Waals surface area contributed by atoms with Crippen LogP contribution in [0.4, 0.5) is 18.4 Å². The molecule has 0 unspecified atom stereocenters. The van der Waals surface area contributed by atoms with Crippen molar-refractivity contribution in [1.29, 1.82) is 0 Å². The highest BCUT2D eigenvalue weighted by Gasteiger charge is 2.36. The monoisotopic (exact) mass is 857 g/mol. The summed E-state index contributed by atoms with van der Waals surface area (Å²) in [5, 5.41) is 6.79. The highest BCUT2D eigenvalue weighted by molar-refractivity contribution is 5.90. The van der Waals surface area contributed by atoms with E-state index in [-0.39, 0.29) is 31.7 Å². The fourth-order valence-corrected chi connectivity index (χ4v) is 6.55. The highest BCUT2D eigenvalue weighted by Crippen LogP contribution is 2.19. The van der Waals surface area contributed by atoms with E-state index >= 15 is 0 Å². The zero-order valence-electron chi connectivity index (χ0n) is 35.9. The zero-order chi connectivity index (χ0) is 44.6. The van der Waals surface area contributed by atoms with Crippen LogP contribution < -0.4 is 16.1 Å². The van der Waals surface area contributed by atoms with Crippen molar-refractivity contribution in [2.75, 3.05) is 32.8 Å². The van der Waals surface area contributed by atoms with Crippen molar-refractivity contribution in [2.24, 2.45) is 5.92 Å². The Hall–Kier alpha value is -5.90. The molecule has 1 aliphatic heterocycles. The van der Waals surface area contributed by atoms with Crippen molar-refractivity contribution >= 4 is 24.1 Å². The summed E-state index contributed by atoms with van der Waals surface area (Å²) in [7, 11) is 0. The van der Waals surface area contributed by atoms with Gasteiger partial charge in [-0.1, -0.05) is 80.6 Å².